The molecule has 0 aliphatic heterocycles. The van der Waals surface area contributed by atoms with E-state index in [0.717, 1.165) is 17.5 Å². The molecule has 3 rings (SSSR count). The van der Waals surface area contributed by atoms with Gasteiger partial charge in [-0.15, -0.1) is 0 Å². The van der Waals surface area contributed by atoms with Gasteiger partial charge >= 0.3 is 0 Å². The smallest absolute Gasteiger partial charge is 0.169 e. The quantitative estimate of drug-likeness (QED) is 0.695. The molecular formula is C14H11ClFN3O. The molecule has 0 spiro atoms. The molecule has 2 heterocycles. The van der Waals surface area contributed by atoms with Crippen LogP contribution in [0.3, 0.4) is 0 Å². The zero-order chi connectivity index (χ0) is 14.1. The van der Waals surface area contributed by atoms with Crippen LogP contribution >= 0.6 is 11.6 Å². The maximum Gasteiger partial charge on any atom is 0.169 e. The lowest BCUT2D eigenvalue weighted by Gasteiger charge is -2.03. The minimum absolute atomic E-state index is 0.235. The van der Waals surface area contributed by atoms with E-state index in [2.05, 4.69) is 10.1 Å². The third-order valence-electron chi connectivity index (χ3n) is 3.01. The lowest BCUT2D eigenvalue weighted by Crippen LogP contribution is -2.00. The Bertz CT molecular complexity index is 716. The SMILES string of the molecule is COc1ccc(Cn2cc3c(Cl)ncc(F)c3n2)cc1. The highest BCUT2D eigenvalue weighted by Gasteiger charge is 2.10. The van der Waals surface area contributed by atoms with Crippen LogP contribution in [-0.4, -0.2) is 21.9 Å². The molecule has 0 amide bonds. The number of hydrogen-bond donors (Lipinski definition) is 0. The highest BCUT2D eigenvalue weighted by molar-refractivity contribution is 6.34. The van der Waals surface area contributed by atoms with E-state index >= 15 is 0 Å². The van der Waals surface area contributed by atoms with Crippen molar-refractivity contribution < 1.29 is 9.13 Å². The molecule has 4 nitrogen and oxygen atoms in total. The maximum atomic E-state index is 13.6. The normalized spacial score (nSPS) is 10.9. The van der Waals surface area contributed by atoms with E-state index < -0.39 is 5.82 Å². The minimum atomic E-state index is -0.474. The first-order valence-electron chi connectivity index (χ1n) is 5.97. The summed E-state index contributed by atoms with van der Waals surface area (Å²) in [4.78, 5) is 3.77. The number of benzene rings is 1. The Morgan fingerprint density at radius 3 is 2.70 bits per heavy atom. The van der Waals surface area contributed by atoms with Gasteiger partial charge in [-0.25, -0.2) is 9.37 Å². The molecule has 1 aromatic carbocycles. The van der Waals surface area contributed by atoms with Crippen molar-refractivity contribution in [1.82, 2.24) is 14.8 Å². The second-order valence-corrected chi connectivity index (χ2v) is 4.69. The van der Waals surface area contributed by atoms with Crippen LogP contribution in [0.25, 0.3) is 10.9 Å². The average molecular weight is 292 g/mol. The van der Waals surface area contributed by atoms with Gasteiger partial charge in [0.25, 0.3) is 0 Å². The summed E-state index contributed by atoms with van der Waals surface area (Å²) in [6.45, 7) is 0.522. The molecule has 102 valence electrons. The number of halogens is 2. The van der Waals surface area contributed by atoms with Crippen molar-refractivity contribution in [3.63, 3.8) is 0 Å². The number of ether oxygens (including phenoxy) is 1. The molecule has 0 fully saturated rings. The van der Waals surface area contributed by atoms with Crippen LogP contribution in [-0.2, 0) is 6.54 Å². The Balaban J connectivity index is 1.94. The fourth-order valence-electron chi connectivity index (χ4n) is 1.99. The summed E-state index contributed by atoms with van der Waals surface area (Å²) in [5.41, 5.74) is 1.27. The molecule has 0 aliphatic rings. The van der Waals surface area contributed by atoms with Gasteiger partial charge in [-0.05, 0) is 17.7 Å². The fraction of sp³-hybridized carbons (Fsp3) is 0.143. The third-order valence-corrected chi connectivity index (χ3v) is 3.31. The van der Waals surface area contributed by atoms with Crippen LogP contribution in [0.4, 0.5) is 4.39 Å². The van der Waals surface area contributed by atoms with Crippen LogP contribution < -0.4 is 4.74 Å². The second kappa shape index (κ2) is 5.09. The van der Waals surface area contributed by atoms with Gasteiger partial charge in [0.15, 0.2) is 5.82 Å². The molecule has 0 radical (unpaired) electrons. The molecule has 20 heavy (non-hydrogen) atoms. The molecule has 6 heteroatoms. The number of rotatable bonds is 3. The van der Waals surface area contributed by atoms with Crippen LogP contribution in [0.2, 0.25) is 5.15 Å². The van der Waals surface area contributed by atoms with E-state index in [-0.39, 0.29) is 10.7 Å². The number of methoxy groups -OCH3 is 1. The first kappa shape index (κ1) is 12.9. The van der Waals surface area contributed by atoms with Crippen molar-refractivity contribution in [2.75, 3.05) is 7.11 Å². The molecule has 0 N–H and O–H groups in total. The van der Waals surface area contributed by atoms with E-state index in [0.29, 0.717) is 11.9 Å². The lowest BCUT2D eigenvalue weighted by atomic mass is 10.2. The van der Waals surface area contributed by atoms with Crippen molar-refractivity contribution in [2.45, 2.75) is 6.54 Å². The molecule has 0 unspecified atom stereocenters. The van der Waals surface area contributed by atoms with E-state index in [4.69, 9.17) is 16.3 Å². The van der Waals surface area contributed by atoms with Gasteiger partial charge in [-0.1, -0.05) is 23.7 Å². The molecule has 0 saturated heterocycles. The van der Waals surface area contributed by atoms with Crippen LogP contribution in [0.5, 0.6) is 5.75 Å². The van der Waals surface area contributed by atoms with Gasteiger partial charge in [0.05, 0.1) is 25.2 Å². The monoisotopic (exact) mass is 291 g/mol. The Morgan fingerprint density at radius 1 is 1.30 bits per heavy atom. The Kier molecular flexibility index (Phi) is 3.28. The molecular weight excluding hydrogens is 281 g/mol. The zero-order valence-corrected chi connectivity index (χ0v) is 11.4. The van der Waals surface area contributed by atoms with Crippen LogP contribution in [0, 0.1) is 5.82 Å². The molecule has 0 atom stereocenters. The summed E-state index contributed by atoms with van der Waals surface area (Å²) in [6, 6.07) is 7.60. The van der Waals surface area contributed by atoms with Gasteiger partial charge in [0, 0.05) is 6.20 Å². The summed E-state index contributed by atoms with van der Waals surface area (Å²) < 4.78 is 20.3. The Morgan fingerprint density at radius 2 is 2.05 bits per heavy atom. The highest BCUT2D eigenvalue weighted by Crippen LogP contribution is 2.22. The molecule has 0 aliphatic carbocycles. The molecule has 2 aromatic heterocycles. The topological polar surface area (TPSA) is 39.9 Å². The molecule has 0 bridgehead atoms. The van der Waals surface area contributed by atoms with Gasteiger partial charge in [0.1, 0.15) is 16.4 Å². The first-order chi connectivity index (χ1) is 9.67. The number of aromatic nitrogens is 3. The Labute approximate surface area is 119 Å². The lowest BCUT2D eigenvalue weighted by molar-refractivity contribution is 0.414. The zero-order valence-electron chi connectivity index (χ0n) is 10.7. The van der Waals surface area contributed by atoms with Gasteiger partial charge in [-0.3, -0.25) is 4.68 Å². The van der Waals surface area contributed by atoms with E-state index in [9.17, 15) is 4.39 Å². The van der Waals surface area contributed by atoms with Gasteiger partial charge < -0.3 is 4.74 Å². The average Bonchev–Trinajstić information content (AvgIpc) is 2.89. The van der Waals surface area contributed by atoms with Gasteiger partial charge in [0.2, 0.25) is 0 Å². The standard InChI is InChI=1S/C14H11ClFN3O/c1-20-10-4-2-9(3-5-10)7-19-8-11-13(18-19)12(16)6-17-14(11)15/h2-6,8H,7H2,1H3. The number of hydrogen-bond acceptors (Lipinski definition) is 3. The summed E-state index contributed by atoms with van der Waals surface area (Å²) in [6.07, 6.45) is 2.77. The second-order valence-electron chi connectivity index (χ2n) is 4.33. The molecule has 0 saturated carbocycles. The van der Waals surface area contributed by atoms with Crippen molar-refractivity contribution in [1.29, 1.82) is 0 Å². The van der Waals surface area contributed by atoms with Gasteiger partial charge in [-0.2, -0.15) is 5.10 Å². The van der Waals surface area contributed by atoms with Crippen molar-refractivity contribution >= 4 is 22.5 Å². The van der Waals surface area contributed by atoms with Crippen molar-refractivity contribution in [3.8, 4) is 5.75 Å². The van der Waals surface area contributed by atoms with E-state index in [1.165, 1.54) is 0 Å². The van der Waals surface area contributed by atoms with Crippen LogP contribution in [0.1, 0.15) is 5.56 Å². The molecule has 3 aromatic rings. The third kappa shape index (κ3) is 2.32. The summed E-state index contributed by atoms with van der Waals surface area (Å²) >= 11 is 5.94. The van der Waals surface area contributed by atoms with Crippen molar-refractivity contribution in [3.05, 3.63) is 53.2 Å². The fourth-order valence-corrected chi connectivity index (χ4v) is 2.18. The van der Waals surface area contributed by atoms with Crippen molar-refractivity contribution in [2.24, 2.45) is 0 Å². The summed E-state index contributed by atoms with van der Waals surface area (Å²) in [7, 11) is 1.62. The van der Waals surface area contributed by atoms with Crippen LogP contribution in [0.15, 0.2) is 36.7 Å². The number of nitrogens with zero attached hydrogens (tertiary/aromatic N) is 3. The summed E-state index contributed by atoms with van der Waals surface area (Å²) in [5.74, 6) is 0.315. The van der Waals surface area contributed by atoms with E-state index in [1.54, 1.807) is 18.0 Å². The Hall–Kier alpha value is -2.14. The van der Waals surface area contributed by atoms with E-state index in [1.807, 2.05) is 24.3 Å². The first-order valence-corrected chi connectivity index (χ1v) is 6.35. The summed E-state index contributed by atoms with van der Waals surface area (Å²) in [5, 5.41) is 4.96. The minimum Gasteiger partial charge on any atom is -0.497 e. The number of pyridine rings is 1. The predicted octanol–water partition coefficient (Wildman–Crippen LogP) is 3.28. The largest absolute Gasteiger partial charge is 0.497 e. The highest BCUT2D eigenvalue weighted by atomic mass is 35.5. The number of fused-ring (bicyclic) bond motifs is 1. The predicted molar refractivity (Wildman–Crippen MR) is 74.6 cm³/mol. The maximum absolute atomic E-state index is 13.6.